The predicted molar refractivity (Wildman–Crippen MR) is 152 cm³/mol. The van der Waals surface area contributed by atoms with E-state index in [0.717, 1.165) is 23.2 Å². The summed E-state index contributed by atoms with van der Waals surface area (Å²) in [5, 5.41) is 15.0. The summed E-state index contributed by atoms with van der Waals surface area (Å²) in [4.78, 5) is 36.3. The molecule has 11 heteroatoms. The van der Waals surface area contributed by atoms with Gasteiger partial charge in [0.25, 0.3) is 5.69 Å². The van der Waals surface area contributed by atoms with Gasteiger partial charge in [-0.3, -0.25) is 10.1 Å². The standard InChI is InChI=1S/C28H34N6O5/c1-8-20(21-10-9-19(15-18(21)2)27(35)39-7)22-11-12-29-28(30-22)31-23-16-25(34(36)37)24(17-26(23)38-6)33(5)14-13-32(3)4/h8-12,15-17H,13-14H2,1-7H3,(H,29,30,31)/b20-8+. The molecule has 0 spiro atoms. The summed E-state index contributed by atoms with van der Waals surface area (Å²) < 4.78 is 10.4. The van der Waals surface area contributed by atoms with Gasteiger partial charge < -0.3 is 24.6 Å². The van der Waals surface area contributed by atoms with Crippen LogP contribution in [-0.4, -0.2) is 74.2 Å². The molecule has 1 aromatic heterocycles. The molecule has 0 saturated carbocycles. The molecular formula is C28H34N6O5. The molecule has 0 aliphatic carbocycles. The maximum atomic E-state index is 12.0. The number of nitrogens with zero attached hydrogens (tertiary/aromatic N) is 5. The highest BCUT2D eigenvalue weighted by molar-refractivity contribution is 5.91. The van der Waals surface area contributed by atoms with E-state index in [1.54, 1.807) is 30.5 Å². The first-order chi connectivity index (χ1) is 18.6. The van der Waals surface area contributed by atoms with Gasteiger partial charge in [0.05, 0.1) is 36.1 Å². The molecule has 206 valence electrons. The van der Waals surface area contributed by atoms with Gasteiger partial charge in [-0.25, -0.2) is 14.8 Å². The molecule has 3 aromatic rings. The van der Waals surface area contributed by atoms with Crippen LogP contribution in [-0.2, 0) is 4.74 Å². The van der Waals surface area contributed by atoms with Crippen LogP contribution in [0.5, 0.6) is 5.75 Å². The lowest BCUT2D eigenvalue weighted by Crippen LogP contribution is -2.28. The van der Waals surface area contributed by atoms with Crippen LogP contribution in [0, 0.1) is 17.0 Å². The second-order valence-electron chi connectivity index (χ2n) is 9.14. The molecule has 39 heavy (non-hydrogen) atoms. The number of benzene rings is 2. The number of hydrogen-bond acceptors (Lipinski definition) is 10. The molecule has 1 heterocycles. The van der Waals surface area contributed by atoms with E-state index >= 15 is 0 Å². The molecule has 0 unspecified atom stereocenters. The summed E-state index contributed by atoms with van der Waals surface area (Å²) in [6.07, 6.45) is 3.53. The number of aryl methyl sites for hydroxylation is 1. The monoisotopic (exact) mass is 534 g/mol. The first-order valence-corrected chi connectivity index (χ1v) is 12.3. The van der Waals surface area contributed by atoms with Crippen molar-refractivity contribution >= 4 is 34.6 Å². The first kappa shape index (κ1) is 29.1. The number of carbonyl (C=O) groups excluding carboxylic acids is 1. The minimum absolute atomic E-state index is 0.0637. The van der Waals surface area contributed by atoms with E-state index in [2.05, 4.69) is 15.3 Å². The average Bonchev–Trinajstić information content (AvgIpc) is 2.92. The van der Waals surface area contributed by atoms with Crippen LogP contribution in [0.25, 0.3) is 5.57 Å². The number of allylic oxidation sites excluding steroid dienone is 1. The van der Waals surface area contributed by atoms with Gasteiger partial charge in [-0.1, -0.05) is 12.1 Å². The number of hydrogen-bond donors (Lipinski definition) is 1. The summed E-state index contributed by atoms with van der Waals surface area (Å²) in [6, 6.07) is 10.2. The number of anilines is 3. The molecule has 1 N–H and O–H groups in total. The number of carbonyl (C=O) groups is 1. The quantitative estimate of drug-likeness (QED) is 0.211. The number of methoxy groups -OCH3 is 2. The van der Waals surface area contributed by atoms with Crippen LogP contribution in [0.3, 0.4) is 0 Å². The fraction of sp³-hybridized carbons (Fsp3) is 0.321. The second-order valence-corrected chi connectivity index (χ2v) is 9.14. The molecule has 0 radical (unpaired) electrons. The van der Waals surface area contributed by atoms with Crippen molar-refractivity contribution in [3.05, 3.63) is 81.2 Å². The van der Waals surface area contributed by atoms with Crippen LogP contribution < -0.4 is 15.0 Å². The third kappa shape index (κ3) is 6.88. The van der Waals surface area contributed by atoms with Crippen molar-refractivity contribution in [3.63, 3.8) is 0 Å². The van der Waals surface area contributed by atoms with Crippen molar-refractivity contribution in [2.75, 3.05) is 58.7 Å². The maximum Gasteiger partial charge on any atom is 0.337 e. The summed E-state index contributed by atoms with van der Waals surface area (Å²) in [6.45, 7) is 5.14. The Morgan fingerprint density at radius 2 is 1.87 bits per heavy atom. The summed E-state index contributed by atoms with van der Waals surface area (Å²) in [5.74, 6) is 0.261. The van der Waals surface area contributed by atoms with Crippen molar-refractivity contribution in [2.45, 2.75) is 13.8 Å². The van der Waals surface area contributed by atoms with Crippen molar-refractivity contribution in [1.29, 1.82) is 0 Å². The minimum Gasteiger partial charge on any atom is -0.494 e. The van der Waals surface area contributed by atoms with Gasteiger partial charge in [0.2, 0.25) is 5.95 Å². The van der Waals surface area contributed by atoms with E-state index in [-0.39, 0.29) is 11.6 Å². The van der Waals surface area contributed by atoms with E-state index in [1.807, 2.05) is 56.9 Å². The summed E-state index contributed by atoms with van der Waals surface area (Å²) in [7, 11) is 8.55. The zero-order chi connectivity index (χ0) is 28.7. The van der Waals surface area contributed by atoms with Crippen molar-refractivity contribution in [1.82, 2.24) is 14.9 Å². The molecule has 0 fully saturated rings. The Bertz CT molecular complexity index is 1390. The first-order valence-electron chi connectivity index (χ1n) is 12.3. The normalized spacial score (nSPS) is 11.3. The highest BCUT2D eigenvalue weighted by Crippen LogP contribution is 2.39. The van der Waals surface area contributed by atoms with E-state index in [0.29, 0.717) is 34.9 Å². The van der Waals surface area contributed by atoms with E-state index in [1.165, 1.54) is 20.3 Å². The molecule has 0 bridgehead atoms. The number of esters is 1. The summed E-state index contributed by atoms with van der Waals surface area (Å²) in [5.41, 5.74) is 4.46. The van der Waals surface area contributed by atoms with E-state index in [9.17, 15) is 14.9 Å². The van der Waals surface area contributed by atoms with Crippen LogP contribution in [0.2, 0.25) is 0 Å². The van der Waals surface area contributed by atoms with E-state index in [4.69, 9.17) is 9.47 Å². The summed E-state index contributed by atoms with van der Waals surface area (Å²) >= 11 is 0. The Morgan fingerprint density at radius 1 is 1.13 bits per heavy atom. The number of ether oxygens (including phenoxy) is 2. The number of aromatic nitrogens is 2. The zero-order valence-corrected chi connectivity index (χ0v) is 23.3. The Kier molecular flexibility index (Phi) is 9.56. The fourth-order valence-electron chi connectivity index (χ4n) is 4.09. The van der Waals surface area contributed by atoms with Crippen molar-refractivity contribution in [3.8, 4) is 5.75 Å². The van der Waals surface area contributed by atoms with Gasteiger partial charge in [-0.05, 0) is 57.3 Å². The van der Waals surface area contributed by atoms with Gasteiger partial charge >= 0.3 is 5.97 Å². The smallest absolute Gasteiger partial charge is 0.337 e. The third-order valence-electron chi connectivity index (χ3n) is 6.19. The van der Waals surface area contributed by atoms with Gasteiger partial charge in [0, 0.05) is 44.0 Å². The number of likely N-dealkylation sites (N-methyl/N-ethyl adjacent to an activating group) is 2. The molecule has 11 nitrogen and oxygen atoms in total. The third-order valence-corrected chi connectivity index (χ3v) is 6.19. The second kappa shape index (κ2) is 12.8. The molecule has 0 aliphatic rings. The highest BCUT2D eigenvalue weighted by Gasteiger charge is 2.22. The topological polar surface area (TPSA) is 123 Å². The Labute approximate surface area is 228 Å². The maximum absolute atomic E-state index is 12.0. The SMILES string of the molecule is C/C=C(/c1ccnc(Nc2cc([N+](=O)[O-])c(N(C)CCN(C)C)cc2OC)n1)c1ccc(C(=O)OC)cc1C. The number of nitro groups is 1. The van der Waals surface area contributed by atoms with Crippen molar-refractivity contribution in [2.24, 2.45) is 0 Å². The van der Waals surface area contributed by atoms with Gasteiger partial charge in [-0.15, -0.1) is 0 Å². The van der Waals surface area contributed by atoms with Crippen LogP contribution in [0.4, 0.5) is 23.0 Å². The number of nitro benzene ring substituents is 1. The molecular weight excluding hydrogens is 500 g/mol. The van der Waals surface area contributed by atoms with Crippen LogP contribution in [0.15, 0.2) is 48.7 Å². The molecule has 0 atom stereocenters. The lowest BCUT2D eigenvalue weighted by molar-refractivity contribution is -0.384. The molecule has 2 aromatic carbocycles. The minimum atomic E-state index is -0.415. The zero-order valence-electron chi connectivity index (χ0n) is 23.3. The lowest BCUT2D eigenvalue weighted by atomic mass is 9.96. The molecule has 0 saturated heterocycles. The highest BCUT2D eigenvalue weighted by atomic mass is 16.6. The molecule has 3 rings (SSSR count). The average molecular weight is 535 g/mol. The Balaban J connectivity index is 1.97. The Hall–Kier alpha value is -4.51. The van der Waals surface area contributed by atoms with Gasteiger partial charge in [0.1, 0.15) is 11.4 Å². The molecule has 0 aliphatic heterocycles. The van der Waals surface area contributed by atoms with Crippen LogP contribution in [0.1, 0.15) is 34.1 Å². The number of rotatable bonds is 11. The fourth-order valence-corrected chi connectivity index (χ4v) is 4.09. The van der Waals surface area contributed by atoms with Crippen LogP contribution >= 0.6 is 0 Å². The predicted octanol–water partition coefficient (Wildman–Crippen LogP) is 4.68. The number of nitrogens with one attached hydrogen (secondary N) is 1. The van der Waals surface area contributed by atoms with Gasteiger partial charge in [0.15, 0.2) is 0 Å². The van der Waals surface area contributed by atoms with E-state index < -0.39 is 10.9 Å². The Morgan fingerprint density at radius 3 is 2.46 bits per heavy atom. The van der Waals surface area contributed by atoms with Gasteiger partial charge in [-0.2, -0.15) is 0 Å². The van der Waals surface area contributed by atoms with Crippen molar-refractivity contribution < 1.29 is 19.2 Å². The largest absolute Gasteiger partial charge is 0.494 e. The lowest BCUT2D eigenvalue weighted by Gasteiger charge is -2.22. The molecule has 0 amide bonds.